The molecule has 2 N–H and O–H groups in total. The van der Waals surface area contributed by atoms with Gasteiger partial charge in [0.1, 0.15) is 0 Å². The Bertz CT molecular complexity index is 485. The smallest absolute Gasteiger partial charge is 0.279 e. The van der Waals surface area contributed by atoms with Crippen LogP contribution < -0.4 is 4.72 Å². The highest BCUT2D eigenvalue weighted by molar-refractivity contribution is 7.87. The van der Waals surface area contributed by atoms with Gasteiger partial charge in [-0.05, 0) is 24.8 Å². The summed E-state index contributed by atoms with van der Waals surface area (Å²) in [5.41, 5.74) is 0.997. The summed E-state index contributed by atoms with van der Waals surface area (Å²) in [6, 6.07) is 9.05. The highest BCUT2D eigenvalue weighted by atomic mass is 32.2. The molecule has 1 unspecified atom stereocenters. The van der Waals surface area contributed by atoms with Crippen molar-refractivity contribution in [3.05, 3.63) is 35.9 Å². The van der Waals surface area contributed by atoms with E-state index in [2.05, 4.69) is 4.72 Å². The first-order valence-corrected chi connectivity index (χ1v) is 8.89. The third-order valence-electron chi connectivity index (χ3n) is 3.15. The van der Waals surface area contributed by atoms with Crippen LogP contribution in [0.15, 0.2) is 30.3 Å². The summed E-state index contributed by atoms with van der Waals surface area (Å²) >= 11 is 0. The number of benzene rings is 1. The molecule has 1 aromatic carbocycles. The van der Waals surface area contributed by atoms with Crippen LogP contribution in [0.3, 0.4) is 0 Å². The van der Waals surface area contributed by atoms with E-state index in [1.54, 1.807) is 0 Å². The van der Waals surface area contributed by atoms with E-state index >= 15 is 0 Å². The fraction of sp³-hybridized carbons (Fsp3) is 0.600. The van der Waals surface area contributed by atoms with E-state index in [-0.39, 0.29) is 6.61 Å². The maximum absolute atomic E-state index is 12.4. The second-order valence-corrected chi connectivity index (χ2v) is 6.79. The summed E-state index contributed by atoms with van der Waals surface area (Å²) in [6.45, 7) is 4.66. The molecule has 0 spiro atoms. The van der Waals surface area contributed by atoms with E-state index in [1.165, 1.54) is 4.31 Å². The largest absolute Gasteiger partial charge is 0.395 e. The van der Waals surface area contributed by atoms with Gasteiger partial charge < -0.3 is 5.11 Å². The Hall–Kier alpha value is -0.950. The van der Waals surface area contributed by atoms with Crippen LogP contribution in [-0.2, 0) is 16.6 Å². The first-order valence-electron chi connectivity index (χ1n) is 7.45. The third kappa shape index (κ3) is 6.13. The first kappa shape index (κ1) is 18.1. The standard InChI is InChI=1S/C15H26N2O3S/c1-3-10-17(11-4-2)21(19,20)16-15(13-18)12-14-8-6-5-7-9-14/h5-9,15-16,18H,3-4,10-13H2,1-2H3. The van der Waals surface area contributed by atoms with Gasteiger partial charge in [0.25, 0.3) is 10.2 Å². The van der Waals surface area contributed by atoms with Crippen LogP contribution >= 0.6 is 0 Å². The van der Waals surface area contributed by atoms with Crippen molar-refractivity contribution >= 4 is 10.2 Å². The van der Waals surface area contributed by atoms with Gasteiger partial charge in [0.05, 0.1) is 12.6 Å². The predicted molar refractivity (Wildman–Crippen MR) is 85.2 cm³/mol. The highest BCUT2D eigenvalue weighted by Crippen LogP contribution is 2.07. The van der Waals surface area contributed by atoms with Crippen molar-refractivity contribution in [1.29, 1.82) is 0 Å². The molecule has 1 aromatic rings. The Balaban J connectivity index is 2.73. The molecule has 0 aromatic heterocycles. The minimum atomic E-state index is -3.55. The number of rotatable bonds is 10. The second kappa shape index (κ2) is 9.15. The Labute approximate surface area is 128 Å². The van der Waals surface area contributed by atoms with Gasteiger partial charge in [-0.25, -0.2) is 0 Å². The molecule has 0 fully saturated rings. The third-order valence-corrected chi connectivity index (χ3v) is 4.82. The van der Waals surface area contributed by atoms with Gasteiger partial charge in [0, 0.05) is 13.1 Å². The topological polar surface area (TPSA) is 69.6 Å². The SMILES string of the molecule is CCCN(CCC)S(=O)(=O)NC(CO)Cc1ccccc1. The molecule has 0 saturated carbocycles. The van der Waals surface area contributed by atoms with E-state index < -0.39 is 16.3 Å². The monoisotopic (exact) mass is 314 g/mol. The van der Waals surface area contributed by atoms with E-state index in [9.17, 15) is 13.5 Å². The maximum atomic E-state index is 12.4. The van der Waals surface area contributed by atoms with E-state index in [0.717, 1.165) is 18.4 Å². The maximum Gasteiger partial charge on any atom is 0.279 e. The van der Waals surface area contributed by atoms with E-state index in [0.29, 0.717) is 19.5 Å². The van der Waals surface area contributed by atoms with Crippen LogP contribution in [0.4, 0.5) is 0 Å². The van der Waals surface area contributed by atoms with Crippen LogP contribution in [0.5, 0.6) is 0 Å². The van der Waals surface area contributed by atoms with Crippen molar-refractivity contribution in [2.75, 3.05) is 19.7 Å². The van der Waals surface area contributed by atoms with Crippen molar-refractivity contribution in [3.8, 4) is 0 Å². The summed E-state index contributed by atoms with van der Waals surface area (Å²) in [5.74, 6) is 0. The molecule has 5 nitrogen and oxygen atoms in total. The average Bonchev–Trinajstić information content (AvgIpc) is 2.47. The second-order valence-electron chi connectivity index (χ2n) is 5.09. The highest BCUT2D eigenvalue weighted by Gasteiger charge is 2.24. The molecule has 0 bridgehead atoms. The average molecular weight is 314 g/mol. The molecular weight excluding hydrogens is 288 g/mol. The van der Waals surface area contributed by atoms with Crippen LogP contribution in [0.2, 0.25) is 0 Å². The van der Waals surface area contributed by atoms with Crippen molar-refractivity contribution in [1.82, 2.24) is 9.03 Å². The van der Waals surface area contributed by atoms with Gasteiger partial charge in [0.15, 0.2) is 0 Å². The molecule has 0 amide bonds. The molecule has 0 saturated heterocycles. The fourth-order valence-electron chi connectivity index (χ4n) is 2.18. The van der Waals surface area contributed by atoms with Gasteiger partial charge in [-0.3, -0.25) is 0 Å². The zero-order valence-electron chi connectivity index (χ0n) is 12.8. The molecule has 0 aliphatic heterocycles. The molecular formula is C15H26N2O3S. The van der Waals surface area contributed by atoms with Crippen LogP contribution in [-0.4, -0.2) is 43.6 Å². The summed E-state index contributed by atoms with van der Waals surface area (Å²) in [4.78, 5) is 0. The van der Waals surface area contributed by atoms with Crippen molar-refractivity contribution in [2.45, 2.75) is 39.2 Å². The lowest BCUT2D eigenvalue weighted by Crippen LogP contribution is -2.48. The first-order chi connectivity index (χ1) is 10.0. The molecule has 0 radical (unpaired) electrons. The van der Waals surface area contributed by atoms with Gasteiger partial charge in [-0.2, -0.15) is 17.4 Å². The fourth-order valence-corrected chi connectivity index (χ4v) is 3.75. The zero-order valence-corrected chi connectivity index (χ0v) is 13.6. The summed E-state index contributed by atoms with van der Waals surface area (Å²) < 4.78 is 28.8. The number of nitrogens with one attached hydrogen (secondary N) is 1. The van der Waals surface area contributed by atoms with Crippen LogP contribution in [0.25, 0.3) is 0 Å². The van der Waals surface area contributed by atoms with E-state index in [4.69, 9.17) is 0 Å². The lowest BCUT2D eigenvalue weighted by molar-refractivity contribution is 0.253. The number of nitrogens with zero attached hydrogens (tertiary/aromatic N) is 1. The Kier molecular flexibility index (Phi) is 7.88. The van der Waals surface area contributed by atoms with Gasteiger partial charge in [-0.1, -0.05) is 44.2 Å². The van der Waals surface area contributed by atoms with Crippen LogP contribution in [0, 0.1) is 0 Å². The molecule has 1 rings (SSSR count). The summed E-state index contributed by atoms with van der Waals surface area (Å²) in [5, 5.41) is 9.45. The number of aliphatic hydroxyl groups excluding tert-OH is 1. The molecule has 0 aliphatic rings. The molecule has 1 atom stereocenters. The predicted octanol–water partition coefficient (Wildman–Crippen LogP) is 1.55. The molecule has 21 heavy (non-hydrogen) atoms. The normalized spacial score (nSPS) is 13.5. The quantitative estimate of drug-likeness (QED) is 0.688. The summed E-state index contributed by atoms with van der Waals surface area (Å²) in [6.07, 6.45) is 2.01. The molecule has 0 heterocycles. The van der Waals surface area contributed by atoms with Gasteiger partial charge in [-0.15, -0.1) is 0 Å². The minimum absolute atomic E-state index is 0.222. The number of aliphatic hydroxyl groups is 1. The Morgan fingerprint density at radius 1 is 1.14 bits per heavy atom. The van der Waals surface area contributed by atoms with Crippen LogP contribution in [0.1, 0.15) is 32.3 Å². The van der Waals surface area contributed by atoms with Gasteiger partial charge in [0.2, 0.25) is 0 Å². The lowest BCUT2D eigenvalue weighted by Gasteiger charge is -2.24. The zero-order chi connectivity index (χ0) is 15.7. The van der Waals surface area contributed by atoms with Crippen molar-refractivity contribution in [3.63, 3.8) is 0 Å². The van der Waals surface area contributed by atoms with Crippen molar-refractivity contribution in [2.24, 2.45) is 0 Å². The lowest BCUT2D eigenvalue weighted by atomic mass is 10.1. The van der Waals surface area contributed by atoms with E-state index in [1.807, 2.05) is 44.2 Å². The minimum Gasteiger partial charge on any atom is -0.395 e. The summed E-state index contributed by atoms with van der Waals surface area (Å²) in [7, 11) is -3.55. The Morgan fingerprint density at radius 3 is 2.19 bits per heavy atom. The van der Waals surface area contributed by atoms with Gasteiger partial charge >= 0.3 is 0 Å². The molecule has 0 aliphatic carbocycles. The van der Waals surface area contributed by atoms with Crippen molar-refractivity contribution < 1.29 is 13.5 Å². The Morgan fingerprint density at radius 2 is 1.71 bits per heavy atom. The number of hydrogen-bond acceptors (Lipinski definition) is 3. The molecule has 6 heteroatoms. The molecule has 120 valence electrons. The number of hydrogen-bond donors (Lipinski definition) is 2.